The summed E-state index contributed by atoms with van der Waals surface area (Å²) in [5.41, 5.74) is 4.86. The molecule has 1 atom stereocenters. The molecular formula is C20H18ClN3OS. The van der Waals surface area contributed by atoms with E-state index in [1.165, 1.54) is 16.9 Å². The molecule has 0 radical (unpaired) electrons. The lowest BCUT2D eigenvalue weighted by atomic mass is 9.94. The molecule has 0 bridgehead atoms. The number of thiophene rings is 1. The molecule has 1 aliphatic carbocycles. The van der Waals surface area contributed by atoms with Crippen molar-refractivity contribution in [2.24, 2.45) is 0 Å². The molecular weight excluding hydrogens is 366 g/mol. The molecule has 1 aliphatic heterocycles. The first-order valence-corrected chi connectivity index (χ1v) is 10.1. The van der Waals surface area contributed by atoms with Gasteiger partial charge in [0.2, 0.25) is 0 Å². The average Bonchev–Trinajstić information content (AvgIpc) is 3.01. The van der Waals surface area contributed by atoms with E-state index >= 15 is 0 Å². The van der Waals surface area contributed by atoms with Gasteiger partial charge in [0.15, 0.2) is 0 Å². The molecule has 4 nitrogen and oxygen atoms in total. The van der Waals surface area contributed by atoms with Crippen LogP contribution in [0.5, 0.6) is 0 Å². The van der Waals surface area contributed by atoms with Crippen molar-refractivity contribution in [3.8, 4) is 0 Å². The second-order valence-corrected chi connectivity index (χ2v) is 8.44. The fraction of sp³-hybridized carbons (Fsp3) is 0.300. The van der Waals surface area contributed by atoms with Crippen LogP contribution in [0.3, 0.4) is 0 Å². The molecule has 0 saturated carbocycles. The number of fused-ring (bicyclic) bond motifs is 4. The van der Waals surface area contributed by atoms with E-state index in [4.69, 9.17) is 11.6 Å². The summed E-state index contributed by atoms with van der Waals surface area (Å²) < 4.78 is 0. The van der Waals surface area contributed by atoms with Crippen LogP contribution in [0, 0.1) is 6.92 Å². The lowest BCUT2D eigenvalue weighted by Gasteiger charge is -2.27. The minimum atomic E-state index is -0.361. The van der Waals surface area contributed by atoms with Crippen LogP contribution in [0.2, 0.25) is 5.15 Å². The molecule has 0 spiro atoms. The Bertz CT molecular complexity index is 1060. The molecule has 132 valence electrons. The topological polar surface area (TPSA) is 54.0 Å². The Kier molecular flexibility index (Phi) is 3.69. The number of amides is 1. The minimum Gasteiger partial charge on any atom is -0.353 e. The molecule has 2 aromatic heterocycles. The van der Waals surface area contributed by atoms with Gasteiger partial charge in [-0.05, 0) is 49.8 Å². The average molecular weight is 384 g/mol. The van der Waals surface area contributed by atoms with Crippen LogP contribution in [-0.4, -0.2) is 10.9 Å². The van der Waals surface area contributed by atoms with Gasteiger partial charge < -0.3 is 10.6 Å². The van der Waals surface area contributed by atoms with Gasteiger partial charge in [0.25, 0.3) is 5.91 Å². The molecule has 6 heteroatoms. The number of carbonyl (C=O) groups excluding carboxylic acids is 1. The molecule has 3 aromatic rings. The SMILES string of the molecule is Cc1cccc2cc([C@@H]3NC(=O)c4c(sc5c4CCCC5)N3)c(Cl)nc12. The summed E-state index contributed by atoms with van der Waals surface area (Å²) >= 11 is 8.20. The van der Waals surface area contributed by atoms with Crippen molar-refractivity contribution >= 4 is 44.7 Å². The number of aryl methyl sites for hydroxylation is 2. The first-order valence-electron chi connectivity index (χ1n) is 8.89. The quantitative estimate of drug-likeness (QED) is 0.582. The Hall–Kier alpha value is -2.11. The molecule has 0 fully saturated rings. The third kappa shape index (κ3) is 2.42. The number of carbonyl (C=O) groups is 1. The van der Waals surface area contributed by atoms with E-state index in [0.717, 1.165) is 51.9 Å². The monoisotopic (exact) mass is 383 g/mol. The van der Waals surface area contributed by atoms with E-state index in [-0.39, 0.29) is 12.1 Å². The zero-order valence-electron chi connectivity index (χ0n) is 14.4. The van der Waals surface area contributed by atoms with Crippen molar-refractivity contribution in [3.05, 3.63) is 56.5 Å². The van der Waals surface area contributed by atoms with Crippen molar-refractivity contribution in [1.82, 2.24) is 10.3 Å². The van der Waals surface area contributed by atoms with E-state index in [1.54, 1.807) is 11.3 Å². The third-order valence-electron chi connectivity index (χ3n) is 5.29. The normalized spacial score (nSPS) is 18.8. The van der Waals surface area contributed by atoms with Crippen molar-refractivity contribution in [2.45, 2.75) is 38.8 Å². The van der Waals surface area contributed by atoms with E-state index in [1.807, 2.05) is 31.2 Å². The Labute approximate surface area is 160 Å². The molecule has 0 unspecified atom stereocenters. The number of rotatable bonds is 1. The van der Waals surface area contributed by atoms with Crippen LogP contribution < -0.4 is 10.6 Å². The number of aromatic nitrogens is 1. The molecule has 26 heavy (non-hydrogen) atoms. The summed E-state index contributed by atoms with van der Waals surface area (Å²) in [5.74, 6) is -0.0106. The first-order chi connectivity index (χ1) is 12.6. The van der Waals surface area contributed by atoms with Gasteiger partial charge >= 0.3 is 0 Å². The Morgan fingerprint density at radius 3 is 2.96 bits per heavy atom. The summed E-state index contributed by atoms with van der Waals surface area (Å²) in [6.45, 7) is 2.02. The zero-order valence-corrected chi connectivity index (χ0v) is 15.9. The smallest absolute Gasteiger partial charge is 0.256 e. The number of benzene rings is 1. The molecule has 2 aliphatic rings. The van der Waals surface area contributed by atoms with Crippen molar-refractivity contribution in [1.29, 1.82) is 0 Å². The number of nitrogens with zero attached hydrogens (tertiary/aromatic N) is 1. The second-order valence-electron chi connectivity index (χ2n) is 6.98. The largest absolute Gasteiger partial charge is 0.353 e. The molecule has 1 aromatic carbocycles. The Balaban J connectivity index is 1.58. The number of hydrogen-bond donors (Lipinski definition) is 2. The van der Waals surface area contributed by atoms with E-state index in [0.29, 0.717) is 5.15 Å². The van der Waals surface area contributed by atoms with Crippen LogP contribution in [0.25, 0.3) is 10.9 Å². The van der Waals surface area contributed by atoms with Crippen LogP contribution in [0.15, 0.2) is 24.3 Å². The van der Waals surface area contributed by atoms with Crippen LogP contribution >= 0.6 is 22.9 Å². The van der Waals surface area contributed by atoms with Gasteiger partial charge in [-0.15, -0.1) is 11.3 Å². The minimum absolute atomic E-state index is 0.0106. The fourth-order valence-corrected chi connectivity index (χ4v) is 5.54. The number of nitrogens with one attached hydrogen (secondary N) is 2. The predicted octanol–water partition coefficient (Wildman–Crippen LogP) is 4.99. The summed E-state index contributed by atoms with van der Waals surface area (Å²) in [5, 5.41) is 8.97. The first kappa shape index (κ1) is 16.1. The summed E-state index contributed by atoms with van der Waals surface area (Å²) in [6.07, 6.45) is 4.08. The number of pyridine rings is 1. The highest BCUT2D eigenvalue weighted by atomic mass is 35.5. The standard InChI is InChI=1S/C20H18ClN3OS/c1-10-5-4-6-11-9-13(17(21)22-16(10)11)18-23-19(25)15-12-7-2-3-8-14(12)26-20(15)24-18/h4-6,9,18,24H,2-3,7-8H2,1H3,(H,23,25)/t18-/m1/s1. The van der Waals surface area contributed by atoms with Gasteiger partial charge in [0.05, 0.1) is 11.1 Å². The molecule has 1 amide bonds. The maximum Gasteiger partial charge on any atom is 0.256 e. The lowest BCUT2D eigenvalue weighted by Crippen LogP contribution is -2.38. The van der Waals surface area contributed by atoms with Crippen LogP contribution in [0.1, 0.15) is 50.9 Å². The Morgan fingerprint density at radius 2 is 2.08 bits per heavy atom. The molecule has 0 saturated heterocycles. The summed E-state index contributed by atoms with van der Waals surface area (Å²) in [7, 11) is 0. The maximum absolute atomic E-state index is 12.8. The van der Waals surface area contributed by atoms with Crippen molar-refractivity contribution in [2.75, 3.05) is 5.32 Å². The van der Waals surface area contributed by atoms with E-state index < -0.39 is 0 Å². The number of hydrogen-bond acceptors (Lipinski definition) is 4. The van der Waals surface area contributed by atoms with E-state index in [2.05, 4.69) is 15.6 Å². The van der Waals surface area contributed by atoms with Gasteiger partial charge in [-0.3, -0.25) is 4.79 Å². The second kappa shape index (κ2) is 5.96. The summed E-state index contributed by atoms with van der Waals surface area (Å²) in [6, 6.07) is 8.08. The third-order valence-corrected chi connectivity index (χ3v) is 6.81. The van der Waals surface area contributed by atoms with Gasteiger partial charge in [0.1, 0.15) is 16.3 Å². The van der Waals surface area contributed by atoms with E-state index in [9.17, 15) is 4.79 Å². The summed E-state index contributed by atoms with van der Waals surface area (Å²) in [4.78, 5) is 18.7. The van der Waals surface area contributed by atoms with Crippen LogP contribution in [0.4, 0.5) is 5.00 Å². The van der Waals surface area contributed by atoms with Gasteiger partial charge in [-0.2, -0.15) is 0 Å². The molecule has 2 N–H and O–H groups in total. The Morgan fingerprint density at radius 1 is 1.23 bits per heavy atom. The van der Waals surface area contributed by atoms with Crippen molar-refractivity contribution in [3.63, 3.8) is 0 Å². The van der Waals surface area contributed by atoms with Gasteiger partial charge in [-0.25, -0.2) is 4.98 Å². The van der Waals surface area contributed by atoms with Gasteiger partial charge in [-0.1, -0.05) is 29.8 Å². The van der Waals surface area contributed by atoms with Crippen molar-refractivity contribution < 1.29 is 4.79 Å². The zero-order chi connectivity index (χ0) is 17.8. The highest BCUT2D eigenvalue weighted by molar-refractivity contribution is 7.16. The number of halogens is 1. The van der Waals surface area contributed by atoms with Crippen LogP contribution in [-0.2, 0) is 12.8 Å². The lowest BCUT2D eigenvalue weighted by molar-refractivity contribution is 0.0935. The highest BCUT2D eigenvalue weighted by Crippen LogP contribution is 2.42. The molecule has 5 rings (SSSR count). The fourth-order valence-electron chi connectivity index (χ4n) is 3.98. The highest BCUT2D eigenvalue weighted by Gasteiger charge is 2.33. The van der Waals surface area contributed by atoms with Gasteiger partial charge in [0, 0.05) is 15.8 Å². The number of para-hydroxylation sites is 1. The maximum atomic E-state index is 12.8. The predicted molar refractivity (Wildman–Crippen MR) is 106 cm³/mol. The molecule has 3 heterocycles. The number of anilines is 1.